The van der Waals surface area contributed by atoms with Gasteiger partial charge < -0.3 is 15.0 Å². The topological polar surface area (TPSA) is 91.0 Å². The average Bonchev–Trinajstić information content (AvgIpc) is 3.24. The summed E-state index contributed by atoms with van der Waals surface area (Å²) in [7, 11) is 0. The van der Waals surface area contributed by atoms with Crippen LogP contribution in [0, 0.1) is 5.82 Å². The highest BCUT2D eigenvalue weighted by molar-refractivity contribution is 6.06. The Kier molecular flexibility index (Phi) is 4.81. The van der Waals surface area contributed by atoms with Gasteiger partial charge in [0.25, 0.3) is 5.91 Å². The molecule has 0 bridgehead atoms. The monoisotopic (exact) mass is 471 g/mol. The van der Waals surface area contributed by atoms with Crippen LogP contribution in [0.5, 0.6) is 0 Å². The van der Waals surface area contributed by atoms with Gasteiger partial charge in [0.05, 0.1) is 14.6 Å². The van der Waals surface area contributed by atoms with Crippen LogP contribution in [0.3, 0.4) is 0 Å². The summed E-state index contributed by atoms with van der Waals surface area (Å²) in [4.78, 5) is 40.8. The molecule has 0 saturated carbocycles. The van der Waals surface area contributed by atoms with Crippen molar-refractivity contribution in [3.05, 3.63) is 64.5 Å². The molecule has 1 atom stereocenters. The fourth-order valence-electron chi connectivity index (χ4n) is 4.28. The summed E-state index contributed by atoms with van der Waals surface area (Å²) in [5, 5.41) is 4.78. The number of carbonyl (C=O) groups is 3. The van der Waals surface area contributed by atoms with Gasteiger partial charge in [-0.15, -0.1) is 0 Å². The maximum Gasteiger partial charge on any atom is 0.255 e. The molecule has 2 N–H and O–H groups in total. The highest BCUT2D eigenvalue weighted by atomic mass is 19.1. The van der Waals surface area contributed by atoms with Crippen molar-refractivity contribution in [1.82, 2.24) is 15.1 Å². The maximum absolute atomic E-state index is 14.9. The molecule has 3 heterocycles. The first-order valence-electron chi connectivity index (χ1n) is 13.5. The van der Waals surface area contributed by atoms with Crippen molar-refractivity contribution >= 4 is 23.4 Å². The van der Waals surface area contributed by atoms with Gasteiger partial charge in [0.1, 0.15) is 11.8 Å². The predicted molar refractivity (Wildman–Crippen MR) is 122 cm³/mol. The summed E-state index contributed by atoms with van der Waals surface area (Å²) in [5.41, 5.74) is 2.07. The molecular formula is C25H27FN4O4. The second kappa shape index (κ2) is 9.52. The molecule has 2 fully saturated rings. The molecule has 34 heavy (non-hydrogen) atoms. The molecule has 178 valence electrons. The zero-order chi connectivity index (χ0) is 28.2. The molecule has 3 aliphatic rings. The predicted octanol–water partition coefficient (Wildman–Crippen LogP) is 2.03. The number of imide groups is 1. The number of benzene rings is 2. The van der Waals surface area contributed by atoms with Crippen LogP contribution >= 0.6 is 0 Å². The average molecular weight is 472 g/mol. The lowest BCUT2D eigenvalue weighted by Crippen LogP contribution is -2.52. The Morgan fingerprint density at radius 1 is 1.21 bits per heavy atom. The van der Waals surface area contributed by atoms with E-state index in [1.807, 2.05) is 6.07 Å². The van der Waals surface area contributed by atoms with Crippen LogP contribution < -0.4 is 10.6 Å². The Bertz CT molecular complexity index is 1350. The zero-order valence-electron chi connectivity index (χ0n) is 23.3. The van der Waals surface area contributed by atoms with Crippen molar-refractivity contribution in [2.75, 3.05) is 31.6 Å². The molecule has 2 aromatic carbocycles. The standard InChI is InChI=1S/C25H27FN4O4/c26-20-12-16(14-29-8-10-34-11-9-29)4-5-17(20)13-27-21-3-1-2-18-19(21)15-30(25(18)33)22-6-7-23(31)28-24(22)32/h1-5,12,22,27H,6-11,13-15H2,(H,28,31,32)/t22-/m0/s1/i6D2,7D2,22D. The van der Waals surface area contributed by atoms with Crippen molar-refractivity contribution in [3.8, 4) is 0 Å². The quantitative estimate of drug-likeness (QED) is 0.627. The number of morpholine rings is 1. The number of nitrogens with one attached hydrogen (secondary N) is 2. The minimum absolute atomic E-state index is 0.0681. The van der Waals surface area contributed by atoms with Gasteiger partial charge in [0, 0.05) is 67.0 Å². The molecule has 0 spiro atoms. The van der Waals surface area contributed by atoms with E-state index >= 15 is 0 Å². The van der Waals surface area contributed by atoms with Crippen molar-refractivity contribution in [1.29, 1.82) is 0 Å². The summed E-state index contributed by atoms with van der Waals surface area (Å²) in [6.07, 6.45) is -6.60. The van der Waals surface area contributed by atoms with E-state index in [2.05, 4.69) is 10.2 Å². The highest BCUT2D eigenvalue weighted by Gasteiger charge is 2.39. The number of hydrogen-bond acceptors (Lipinski definition) is 6. The number of amides is 3. The van der Waals surface area contributed by atoms with E-state index in [4.69, 9.17) is 11.6 Å². The van der Waals surface area contributed by atoms with Crippen LogP contribution in [0.2, 0.25) is 0 Å². The number of hydrogen-bond donors (Lipinski definition) is 2. The number of fused-ring (bicyclic) bond motifs is 1. The number of rotatable bonds is 6. The van der Waals surface area contributed by atoms with E-state index in [-0.39, 0.29) is 18.7 Å². The first-order chi connectivity index (χ1) is 18.4. The Hall–Kier alpha value is -3.30. The van der Waals surface area contributed by atoms with E-state index in [9.17, 15) is 18.8 Å². The minimum atomic E-state index is -3.35. The molecule has 0 radical (unpaired) electrons. The second-order valence-electron chi connectivity index (χ2n) is 8.27. The lowest BCUT2D eigenvalue weighted by atomic mass is 10.0. The van der Waals surface area contributed by atoms with Gasteiger partial charge in [0.15, 0.2) is 0 Å². The number of carbonyl (C=O) groups excluding carboxylic acids is 3. The van der Waals surface area contributed by atoms with E-state index in [0.717, 1.165) is 18.7 Å². The maximum atomic E-state index is 14.9. The van der Waals surface area contributed by atoms with Crippen LogP contribution in [0.1, 0.15) is 46.6 Å². The van der Waals surface area contributed by atoms with Crippen LogP contribution in [-0.4, -0.2) is 59.8 Å². The Labute approximate surface area is 204 Å². The van der Waals surface area contributed by atoms with Crippen molar-refractivity contribution in [3.63, 3.8) is 0 Å². The van der Waals surface area contributed by atoms with E-state index in [0.29, 0.717) is 41.5 Å². The van der Waals surface area contributed by atoms with Gasteiger partial charge in [-0.1, -0.05) is 18.2 Å². The molecule has 3 aliphatic heterocycles. The number of nitrogens with zero attached hydrogens (tertiary/aromatic N) is 2. The van der Waals surface area contributed by atoms with Crippen LogP contribution in [0.25, 0.3) is 0 Å². The summed E-state index contributed by atoms with van der Waals surface area (Å²) in [6, 6.07) is 6.59. The third-order valence-electron chi connectivity index (χ3n) is 6.07. The van der Waals surface area contributed by atoms with Crippen LogP contribution in [0.15, 0.2) is 36.4 Å². The van der Waals surface area contributed by atoms with Crippen LogP contribution in [0.4, 0.5) is 10.1 Å². The summed E-state index contributed by atoms with van der Waals surface area (Å²) in [5.74, 6) is -4.19. The fraction of sp³-hybridized carbons (Fsp3) is 0.400. The van der Waals surface area contributed by atoms with Gasteiger partial charge in [-0.25, -0.2) is 4.39 Å². The highest BCUT2D eigenvalue weighted by Crippen LogP contribution is 2.32. The van der Waals surface area contributed by atoms with Gasteiger partial charge in [0.2, 0.25) is 11.8 Å². The van der Waals surface area contributed by atoms with E-state index < -0.39 is 42.3 Å². The van der Waals surface area contributed by atoms with Crippen molar-refractivity contribution in [2.45, 2.75) is 38.4 Å². The molecule has 3 amide bonds. The third kappa shape index (κ3) is 4.53. The number of piperidine rings is 1. The van der Waals surface area contributed by atoms with E-state index in [1.165, 1.54) is 12.1 Å². The molecule has 9 heteroatoms. The number of anilines is 1. The second-order valence-corrected chi connectivity index (χ2v) is 8.27. The number of ether oxygens (including phenoxy) is 1. The molecule has 0 unspecified atom stereocenters. The molecule has 2 aromatic rings. The first-order valence-corrected chi connectivity index (χ1v) is 11.0. The Morgan fingerprint density at radius 3 is 2.82 bits per heavy atom. The lowest BCUT2D eigenvalue weighted by Gasteiger charge is -2.29. The SMILES string of the molecule is [2H]C1([2H])C(=O)NC(=O)[C@@]([2H])(N2Cc3c(NCc4ccc(CN5CCOCC5)cc4F)cccc3C2=O)C1([2H])[2H]. The molecular weight excluding hydrogens is 439 g/mol. The first kappa shape index (κ1) is 17.2. The van der Waals surface area contributed by atoms with Gasteiger partial charge in [-0.3, -0.25) is 24.6 Å². The van der Waals surface area contributed by atoms with Gasteiger partial charge in [-0.2, -0.15) is 0 Å². The van der Waals surface area contributed by atoms with E-state index in [1.54, 1.807) is 23.5 Å². The fourth-order valence-corrected chi connectivity index (χ4v) is 4.28. The molecule has 2 saturated heterocycles. The summed E-state index contributed by atoms with van der Waals surface area (Å²) >= 11 is 0. The molecule has 0 aliphatic carbocycles. The summed E-state index contributed by atoms with van der Waals surface area (Å²) < 4.78 is 61.2. The Balaban J connectivity index is 1.35. The number of halogens is 1. The van der Waals surface area contributed by atoms with Crippen molar-refractivity contribution in [2.24, 2.45) is 0 Å². The van der Waals surface area contributed by atoms with Gasteiger partial charge in [-0.05, 0) is 30.1 Å². The van der Waals surface area contributed by atoms with Gasteiger partial charge >= 0.3 is 0 Å². The molecule has 8 nitrogen and oxygen atoms in total. The van der Waals surface area contributed by atoms with Crippen LogP contribution in [-0.2, 0) is 34.0 Å². The normalized spacial score (nSPS) is 28.2. The minimum Gasteiger partial charge on any atom is -0.381 e. The summed E-state index contributed by atoms with van der Waals surface area (Å²) in [6.45, 7) is 3.14. The zero-order valence-corrected chi connectivity index (χ0v) is 18.3. The smallest absolute Gasteiger partial charge is 0.255 e. The lowest BCUT2D eigenvalue weighted by molar-refractivity contribution is -0.136. The van der Waals surface area contributed by atoms with Crippen molar-refractivity contribution < 1.29 is 30.4 Å². The Morgan fingerprint density at radius 2 is 2.03 bits per heavy atom. The largest absolute Gasteiger partial charge is 0.381 e. The third-order valence-corrected chi connectivity index (χ3v) is 6.07. The molecule has 0 aromatic heterocycles. The molecule has 5 rings (SSSR count).